The number of ether oxygens (including phenoxy) is 1. The van der Waals surface area contributed by atoms with Gasteiger partial charge in [-0.05, 0) is 94.5 Å². The molecule has 0 aliphatic carbocycles. The Morgan fingerprint density at radius 1 is 0.957 bits per heavy atom. The molecule has 16 heteroatoms. The van der Waals surface area contributed by atoms with Gasteiger partial charge in [-0.2, -0.15) is 26.3 Å². The van der Waals surface area contributed by atoms with Gasteiger partial charge < -0.3 is 19.9 Å². The number of alkyl halides is 6. The number of aryl methyl sites for hydroxylation is 1. The number of hydrogen-bond donors (Lipinski definition) is 3. The summed E-state index contributed by atoms with van der Waals surface area (Å²) in [5.41, 5.74) is 1.08. The molecule has 0 spiro atoms. The summed E-state index contributed by atoms with van der Waals surface area (Å²) in [6, 6.07) is 1.04. The average molecular weight is 664 g/mol. The van der Waals surface area contributed by atoms with E-state index < -0.39 is 71.2 Å². The Labute approximate surface area is 261 Å². The molecule has 0 bridgehead atoms. The monoisotopic (exact) mass is 663 g/mol. The number of carbonyl (C=O) groups excluding carboxylic acids is 3. The Kier molecular flexibility index (Phi) is 10.7. The molecular weight excluding hydrogens is 627 g/mol. The summed E-state index contributed by atoms with van der Waals surface area (Å²) in [5, 5.41) is 2.69. The van der Waals surface area contributed by atoms with Crippen molar-refractivity contribution in [2.24, 2.45) is 0 Å². The molecule has 1 saturated heterocycles. The van der Waals surface area contributed by atoms with Crippen LogP contribution in [0.15, 0.2) is 36.4 Å². The van der Waals surface area contributed by atoms with Gasteiger partial charge in [-0.1, -0.05) is 6.07 Å². The van der Waals surface area contributed by atoms with Crippen molar-refractivity contribution in [1.29, 1.82) is 0 Å². The van der Waals surface area contributed by atoms with Crippen molar-refractivity contribution >= 4 is 18.2 Å². The highest BCUT2D eigenvalue weighted by atomic mass is 19.4. The lowest BCUT2D eigenvalue weighted by molar-refractivity contribution is -0.143. The van der Waals surface area contributed by atoms with Gasteiger partial charge in [0.2, 0.25) is 0 Å². The third-order valence-electron chi connectivity index (χ3n) is 7.43. The molecule has 1 unspecified atom stereocenters. The van der Waals surface area contributed by atoms with Crippen molar-refractivity contribution in [2.75, 3.05) is 13.6 Å². The van der Waals surface area contributed by atoms with E-state index in [-0.39, 0.29) is 31.0 Å². The number of hydrogen-bond acceptors (Lipinski definition) is 4. The minimum atomic E-state index is -5.06. The van der Waals surface area contributed by atoms with Crippen molar-refractivity contribution in [1.82, 2.24) is 26.0 Å². The fourth-order valence-electron chi connectivity index (χ4n) is 5.08. The van der Waals surface area contributed by atoms with Crippen molar-refractivity contribution in [3.05, 3.63) is 70.0 Å². The predicted molar refractivity (Wildman–Crippen MR) is 153 cm³/mol. The zero-order valence-electron chi connectivity index (χ0n) is 26.0. The first kappa shape index (κ1) is 36.2. The van der Waals surface area contributed by atoms with Gasteiger partial charge in [0.15, 0.2) is 0 Å². The second-order valence-electron chi connectivity index (χ2n) is 12.1. The van der Waals surface area contributed by atoms with Crippen molar-refractivity contribution in [3.8, 4) is 0 Å². The molecular formula is C30H36F7N5O4. The average Bonchev–Trinajstić information content (AvgIpc) is 2.93. The van der Waals surface area contributed by atoms with Crippen LogP contribution in [0.1, 0.15) is 80.4 Å². The van der Waals surface area contributed by atoms with Crippen LogP contribution in [0.3, 0.4) is 0 Å². The van der Waals surface area contributed by atoms with E-state index >= 15 is 0 Å². The number of benzene rings is 2. The second kappa shape index (κ2) is 13.6. The van der Waals surface area contributed by atoms with Crippen LogP contribution in [0.4, 0.5) is 45.1 Å². The number of piperidine rings is 1. The fourth-order valence-corrected chi connectivity index (χ4v) is 5.08. The summed E-state index contributed by atoms with van der Waals surface area (Å²) >= 11 is 0. The fraction of sp³-hybridized carbons (Fsp3) is 0.500. The molecule has 3 atom stereocenters. The normalized spacial score (nSPS) is 18.0. The predicted octanol–water partition coefficient (Wildman–Crippen LogP) is 7.23. The molecule has 1 heterocycles. The Balaban J connectivity index is 1.85. The third kappa shape index (κ3) is 9.39. The number of carbonyl (C=O) groups is 3. The van der Waals surface area contributed by atoms with Crippen LogP contribution in [-0.2, 0) is 17.1 Å². The van der Waals surface area contributed by atoms with E-state index in [1.54, 1.807) is 27.7 Å². The molecule has 0 aromatic heterocycles. The summed E-state index contributed by atoms with van der Waals surface area (Å²) in [4.78, 5) is 40.6. The van der Waals surface area contributed by atoms with Gasteiger partial charge in [0.1, 0.15) is 11.4 Å². The number of rotatable bonds is 4. The van der Waals surface area contributed by atoms with Crippen LogP contribution in [0.25, 0.3) is 0 Å². The molecule has 46 heavy (non-hydrogen) atoms. The van der Waals surface area contributed by atoms with Gasteiger partial charge in [-0.25, -0.2) is 29.6 Å². The quantitative estimate of drug-likeness (QED) is 0.237. The molecule has 1 aliphatic heterocycles. The minimum absolute atomic E-state index is 0.0121. The lowest BCUT2D eigenvalue weighted by Gasteiger charge is -2.43. The van der Waals surface area contributed by atoms with Crippen LogP contribution in [0.5, 0.6) is 0 Å². The lowest BCUT2D eigenvalue weighted by Crippen LogP contribution is -2.55. The van der Waals surface area contributed by atoms with E-state index in [0.717, 1.165) is 4.90 Å². The Hall–Kier alpha value is -4.24. The zero-order valence-corrected chi connectivity index (χ0v) is 26.0. The highest BCUT2D eigenvalue weighted by molar-refractivity contribution is 5.78. The van der Waals surface area contributed by atoms with Gasteiger partial charge in [-0.3, -0.25) is 0 Å². The summed E-state index contributed by atoms with van der Waals surface area (Å²) in [7, 11) is 1.26. The third-order valence-corrected chi connectivity index (χ3v) is 7.43. The highest BCUT2D eigenvalue weighted by Gasteiger charge is 2.40. The number of likely N-dealkylation sites (tertiary alicyclic amines) is 1. The molecule has 2 aromatic carbocycles. The largest absolute Gasteiger partial charge is 0.443 e. The Morgan fingerprint density at radius 3 is 2.07 bits per heavy atom. The first-order valence-electron chi connectivity index (χ1n) is 14.2. The van der Waals surface area contributed by atoms with Crippen LogP contribution in [0.2, 0.25) is 0 Å². The Morgan fingerprint density at radius 2 is 1.54 bits per heavy atom. The Bertz CT molecular complexity index is 1410. The van der Waals surface area contributed by atoms with Crippen molar-refractivity contribution in [2.45, 2.75) is 83.5 Å². The molecule has 5 amide bonds. The standard InChI is InChI=1S/C30H36F7N5O4/c1-16-11-21(31)7-8-23(16)24-15-22(38-25(43)39-40-26(44)46-28(3,4)5)9-10-42(24)27(45)41(6)17(2)18-12-19(29(32,33)34)14-20(13-18)30(35,36)37/h7-8,11-14,17,22,24H,9-10,15H2,1-6H3,(H,40,44)(H2,38,39,43)/t17?,22-,24+/m0/s1. The first-order chi connectivity index (χ1) is 21.1. The van der Waals surface area contributed by atoms with Crippen LogP contribution in [0, 0.1) is 12.7 Å². The van der Waals surface area contributed by atoms with Gasteiger partial charge >= 0.3 is 30.5 Å². The van der Waals surface area contributed by atoms with Gasteiger partial charge in [0.25, 0.3) is 0 Å². The molecule has 0 saturated carbocycles. The van der Waals surface area contributed by atoms with E-state index in [4.69, 9.17) is 4.74 Å². The summed E-state index contributed by atoms with van der Waals surface area (Å²) < 4.78 is 100.0. The highest BCUT2D eigenvalue weighted by Crippen LogP contribution is 2.39. The number of urea groups is 2. The molecule has 3 rings (SSSR count). The maximum absolute atomic E-state index is 14.0. The second-order valence-corrected chi connectivity index (χ2v) is 12.1. The van der Waals surface area contributed by atoms with E-state index in [1.807, 2.05) is 0 Å². The van der Waals surface area contributed by atoms with E-state index in [2.05, 4.69) is 16.2 Å². The molecule has 1 fully saturated rings. The van der Waals surface area contributed by atoms with Crippen molar-refractivity contribution in [3.63, 3.8) is 0 Å². The smallest absolute Gasteiger partial charge is 0.426 e. The SMILES string of the molecule is Cc1cc(F)ccc1[C@H]1C[C@@H](NC(=O)NNC(=O)OC(C)(C)C)CCN1C(=O)N(C)C(C)c1cc(C(F)(F)F)cc(C(F)(F)F)c1. The molecule has 1 aliphatic rings. The number of halogens is 7. The molecule has 2 aromatic rings. The molecule has 254 valence electrons. The number of amides is 5. The topological polar surface area (TPSA) is 103 Å². The van der Waals surface area contributed by atoms with Crippen molar-refractivity contribution < 1.29 is 49.9 Å². The maximum Gasteiger partial charge on any atom is 0.426 e. The molecule has 3 N–H and O–H groups in total. The van der Waals surface area contributed by atoms with Crippen LogP contribution >= 0.6 is 0 Å². The van der Waals surface area contributed by atoms with Gasteiger partial charge in [-0.15, -0.1) is 0 Å². The van der Waals surface area contributed by atoms with Crippen LogP contribution < -0.4 is 16.2 Å². The maximum atomic E-state index is 14.0. The van der Waals surface area contributed by atoms with Gasteiger partial charge in [0, 0.05) is 19.6 Å². The summed E-state index contributed by atoms with van der Waals surface area (Å²) in [5.74, 6) is -0.534. The number of nitrogens with one attached hydrogen (secondary N) is 3. The number of hydrazine groups is 1. The molecule has 0 radical (unpaired) electrons. The van der Waals surface area contributed by atoms with E-state index in [9.17, 15) is 45.1 Å². The zero-order chi connectivity index (χ0) is 34.8. The number of nitrogens with zero attached hydrogens (tertiary/aromatic N) is 2. The molecule has 9 nitrogen and oxygen atoms in total. The lowest BCUT2D eigenvalue weighted by atomic mass is 9.89. The minimum Gasteiger partial charge on any atom is -0.443 e. The summed E-state index contributed by atoms with van der Waals surface area (Å²) in [6.45, 7) is 7.84. The summed E-state index contributed by atoms with van der Waals surface area (Å²) in [6.07, 6.45) is -10.7. The van der Waals surface area contributed by atoms with Gasteiger partial charge in [0.05, 0.1) is 23.2 Å². The van der Waals surface area contributed by atoms with E-state index in [0.29, 0.717) is 23.3 Å². The van der Waals surface area contributed by atoms with E-state index in [1.165, 1.54) is 37.1 Å². The first-order valence-corrected chi connectivity index (χ1v) is 14.2. The van der Waals surface area contributed by atoms with Crippen LogP contribution in [-0.4, -0.2) is 53.2 Å².